The van der Waals surface area contributed by atoms with Gasteiger partial charge in [0.15, 0.2) is 0 Å². The van der Waals surface area contributed by atoms with E-state index in [1.165, 1.54) is 19.2 Å². The monoisotopic (exact) mass is 646 g/mol. The lowest BCUT2D eigenvalue weighted by atomic mass is 9.90. The Morgan fingerprint density at radius 3 is 2.30 bits per heavy atom. The molecule has 2 heterocycles. The van der Waals surface area contributed by atoms with Gasteiger partial charge >= 0.3 is 18.3 Å². The molecule has 0 saturated carbocycles. The van der Waals surface area contributed by atoms with Crippen molar-refractivity contribution in [3.05, 3.63) is 88.2 Å². The van der Waals surface area contributed by atoms with Gasteiger partial charge in [-0.05, 0) is 84.0 Å². The minimum absolute atomic E-state index is 0.0127. The Bertz CT molecular complexity index is 1710. The zero-order valence-electron chi connectivity index (χ0n) is 22.8. The molecular weight excluding hydrogens is 621 g/mol. The zero-order valence-corrected chi connectivity index (χ0v) is 23.7. The Hall–Kier alpha value is -3.69. The van der Waals surface area contributed by atoms with Crippen LogP contribution in [0.5, 0.6) is 5.75 Å². The zero-order chi connectivity index (χ0) is 32.2. The van der Waals surface area contributed by atoms with E-state index in [4.69, 9.17) is 9.84 Å². The molecule has 2 fully saturated rings. The van der Waals surface area contributed by atoms with Crippen molar-refractivity contribution in [3.63, 3.8) is 0 Å². The third kappa shape index (κ3) is 6.13. The van der Waals surface area contributed by atoms with Crippen LogP contribution in [-0.2, 0) is 33.8 Å². The molecule has 2 aliphatic rings. The molecule has 3 aromatic rings. The van der Waals surface area contributed by atoms with Crippen molar-refractivity contribution in [1.29, 1.82) is 0 Å². The smallest absolute Gasteiger partial charge is 0.416 e. The molecule has 0 amide bonds. The lowest BCUT2D eigenvalue weighted by Gasteiger charge is -2.26. The lowest BCUT2D eigenvalue weighted by molar-refractivity contribution is -0.138. The number of benzene rings is 3. The fourth-order valence-electron chi connectivity index (χ4n) is 5.94. The summed E-state index contributed by atoms with van der Waals surface area (Å²) in [4.78, 5) is 11.1. The van der Waals surface area contributed by atoms with Gasteiger partial charge in [-0.1, -0.05) is 12.1 Å². The van der Waals surface area contributed by atoms with E-state index in [0.29, 0.717) is 17.2 Å². The van der Waals surface area contributed by atoms with Crippen molar-refractivity contribution in [3.8, 4) is 16.9 Å². The minimum Gasteiger partial charge on any atom is -0.496 e. The second-order valence-electron chi connectivity index (χ2n) is 10.6. The second-order valence-corrected chi connectivity index (χ2v) is 12.2. The van der Waals surface area contributed by atoms with Gasteiger partial charge in [0, 0.05) is 18.0 Å². The molecular formula is C29H25F7N2O5S. The van der Waals surface area contributed by atoms with Crippen LogP contribution in [0.25, 0.3) is 11.1 Å². The average Bonchev–Trinajstić information content (AvgIpc) is 3.49. The number of nitrogens with zero attached hydrogens (tertiary/aromatic N) is 1. The molecule has 7 nitrogen and oxygen atoms in total. The van der Waals surface area contributed by atoms with E-state index in [1.807, 2.05) is 0 Å². The Morgan fingerprint density at radius 1 is 0.955 bits per heavy atom. The van der Waals surface area contributed by atoms with Gasteiger partial charge in [-0.15, -0.1) is 0 Å². The molecule has 0 radical (unpaired) electrons. The third-order valence-corrected chi connectivity index (χ3v) is 9.47. The molecule has 2 saturated heterocycles. The average molecular weight is 647 g/mol. The van der Waals surface area contributed by atoms with E-state index < -0.39 is 63.6 Å². The molecule has 3 aromatic carbocycles. The number of fused-ring (bicyclic) bond motifs is 1. The number of hydrogen-bond donors (Lipinski definition) is 2. The SMILES string of the molecule is COc1ccc(CCC(=O)O)cc1-c1ccc(C(F)(F)F)cc1[C@@H]1CC[C@H]2[C@@H](c3cc(F)cc(C(F)(F)F)c3)NS(=O)(=O)N12. The van der Waals surface area contributed by atoms with Gasteiger partial charge in [-0.2, -0.15) is 43.8 Å². The highest BCUT2D eigenvalue weighted by atomic mass is 32.2. The number of carboxylic acids is 1. The predicted octanol–water partition coefficient (Wildman–Crippen LogP) is 6.65. The van der Waals surface area contributed by atoms with Crippen LogP contribution in [0.3, 0.4) is 0 Å². The Kier molecular flexibility index (Phi) is 8.18. The van der Waals surface area contributed by atoms with Crippen molar-refractivity contribution in [1.82, 2.24) is 9.03 Å². The number of methoxy groups -OCH3 is 1. The summed E-state index contributed by atoms with van der Waals surface area (Å²) >= 11 is 0. The predicted molar refractivity (Wildman–Crippen MR) is 143 cm³/mol. The van der Waals surface area contributed by atoms with Crippen molar-refractivity contribution >= 4 is 16.2 Å². The van der Waals surface area contributed by atoms with Crippen LogP contribution in [0.15, 0.2) is 54.6 Å². The summed E-state index contributed by atoms with van der Waals surface area (Å²) in [6.45, 7) is 0. The first-order valence-electron chi connectivity index (χ1n) is 13.3. The minimum atomic E-state index is -4.91. The van der Waals surface area contributed by atoms with Crippen LogP contribution in [0.2, 0.25) is 0 Å². The first-order valence-corrected chi connectivity index (χ1v) is 14.7. The van der Waals surface area contributed by atoms with E-state index in [-0.39, 0.29) is 54.2 Å². The fraction of sp³-hybridized carbons (Fsp3) is 0.345. The van der Waals surface area contributed by atoms with Crippen molar-refractivity contribution in [2.24, 2.45) is 0 Å². The Morgan fingerprint density at radius 2 is 1.66 bits per heavy atom. The van der Waals surface area contributed by atoms with E-state index in [9.17, 15) is 43.9 Å². The number of ether oxygens (including phenoxy) is 1. The number of aliphatic carboxylic acids is 1. The maximum atomic E-state index is 14.2. The molecule has 3 atom stereocenters. The number of alkyl halides is 6. The molecule has 5 rings (SSSR count). The van der Waals surface area contributed by atoms with Crippen molar-refractivity contribution in [2.75, 3.05) is 7.11 Å². The van der Waals surface area contributed by atoms with Crippen LogP contribution < -0.4 is 9.46 Å². The summed E-state index contributed by atoms with van der Waals surface area (Å²) < 4.78 is 132. The number of aryl methyl sites for hydroxylation is 1. The molecule has 15 heteroatoms. The first kappa shape index (κ1) is 31.7. The van der Waals surface area contributed by atoms with Gasteiger partial charge in [0.2, 0.25) is 0 Å². The summed E-state index contributed by atoms with van der Waals surface area (Å²) in [6.07, 6.45) is -9.75. The fourth-order valence-corrected chi connectivity index (χ4v) is 7.82. The molecule has 2 N–H and O–H groups in total. The second kappa shape index (κ2) is 11.3. The van der Waals surface area contributed by atoms with Crippen LogP contribution in [-0.4, -0.2) is 37.0 Å². The molecule has 236 valence electrons. The van der Waals surface area contributed by atoms with Gasteiger partial charge in [0.25, 0.3) is 10.2 Å². The van der Waals surface area contributed by atoms with Crippen LogP contribution in [0.1, 0.15) is 59.2 Å². The summed E-state index contributed by atoms with van der Waals surface area (Å²) in [7, 11) is -3.13. The molecule has 0 aliphatic carbocycles. The highest BCUT2D eigenvalue weighted by Crippen LogP contribution is 2.51. The Balaban J connectivity index is 1.63. The molecule has 44 heavy (non-hydrogen) atoms. The summed E-state index contributed by atoms with van der Waals surface area (Å²) in [5.41, 5.74) is -1.63. The van der Waals surface area contributed by atoms with Crippen molar-refractivity contribution in [2.45, 2.75) is 56.2 Å². The van der Waals surface area contributed by atoms with Crippen LogP contribution in [0, 0.1) is 5.82 Å². The number of hydrogen-bond acceptors (Lipinski definition) is 4. The summed E-state index contributed by atoms with van der Waals surface area (Å²) in [6, 6.07) is 5.76. The normalized spacial score (nSPS) is 21.8. The maximum absolute atomic E-state index is 14.2. The number of nitrogens with one attached hydrogen (secondary N) is 1. The van der Waals surface area contributed by atoms with Gasteiger partial charge in [0.05, 0.1) is 30.3 Å². The van der Waals surface area contributed by atoms with Gasteiger partial charge in [-0.25, -0.2) is 4.39 Å². The maximum Gasteiger partial charge on any atom is 0.416 e. The van der Waals surface area contributed by atoms with E-state index in [2.05, 4.69) is 4.72 Å². The number of rotatable bonds is 7. The molecule has 0 spiro atoms. The highest BCUT2D eigenvalue weighted by Gasteiger charge is 2.53. The molecule has 0 unspecified atom stereocenters. The topological polar surface area (TPSA) is 95.9 Å². The molecule has 2 aliphatic heterocycles. The van der Waals surface area contributed by atoms with Crippen LogP contribution in [0.4, 0.5) is 30.7 Å². The van der Waals surface area contributed by atoms with Gasteiger partial charge in [-0.3, -0.25) is 4.79 Å². The number of halogens is 7. The van der Waals surface area contributed by atoms with E-state index >= 15 is 0 Å². The summed E-state index contributed by atoms with van der Waals surface area (Å²) in [5.74, 6) is -2.05. The Labute approximate surface area is 247 Å². The standard InChI is InChI=1S/C29H25F7N2O5S/c1-43-25-8-2-15(3-9-26(39)40)10-22(25)20-5-4-17(28(31,32)33)14-21(20)23-6-7-24-27(37-44(41,42)38(23)24)16-11-18(29(34,35)36)13-19(30)12-16/h2,4-5,8,10-14,23-24,27,37H,3,6-7,9H2,1H3,(H,39,40)/t23-,24-,27+/m0/s1. The number of carboxylic acid groups (broad SMARTS) is 1. The van der Waals surface area contributed by atoms with Gasteiger partial charge in [0.1, 0.15) is 11.6 Å². The highest BCUT2D eigenvalue weighted by molar-refractivity contribution is 7.87. The molecule has 0 bridgehead atoms. The summed E-state index contributed by atoms with van der Waals surface area (Å²) in [5, 5.41) is 9.09. The van der Waals surface area contributed by atoms with Gasteiger partial charge < -0.3 is 9.84 Å². The van der Waals surface area contributed by atoms with E-state index in [0.717, 1.165) is 22.5 Å². The van der Waals surface area contributed by atoms with E-state index in [1.54, 1.807) is 12.1 Å². The van der Waals surface area contributed by atoms with Crippen LogP contribution >= 0.6 is 0 Å². The largest absolute Gasteiger partial charge is 0.496 e. The lowest BCUT2D eigenvalue weighted by Crippen LogP contribution is -2.33. The first-order chi connectivity index (χ1) is 20.5. The number of carbonyl (C=O) groups is 1. The molecule has 0 aromatic heterocycles. The third-order valence-electron chi connectivity index (χ3n) is 7.83. The van der Waals surface area contributed by atoms with Crippen molar-refractivity contribution < 1.29 is 53.8 Å². The quantitative estimate of drug-likeness (QED) is 0.281.